The summed E-state index contributed by atoms with van der Waals surface area (Å²) < 4.78 is 4.39. The Morgan fingerprint density at radius 3 is 2.62 bits per heavy atom. The van der Waals surface area contributed by atoms with Crippen molar-refractivity contribution in [3.63, 3.8) is 0 Å². The molecule has 4 aromatic heterocycles. The number of benzene rings is 1. The predicted octanol–water partition coefficient (Wildman–Crippen LogP) is 5.81. The van der Waals surface area contributed by atoms with E-state index in [0.29, 0.717) is 11.6 Å². The smallest absolute Gasteiger partial charge is 0.187 e. The average Bonchev–Trinajstić information content (AvgIpc) is 3.47. The number of nitrogens with zero attached hydrogens (tertiary/aromatic N) is 5. The lowest BCUT2D eigenvalue weighted by molar-refractivity contribution is 0.337. The Balaban J connectivity index is 1.52. The third kappa shape index (κ3) is 3.55. The Hall–Kier alpha value is -3.95. The van der Waals surface area contributed by atoms with Gasteiger partial charge in [0, 0.05) is 54.1 Å². The second-order valence-corrected chi connectivity index (χ2v) is 9.16. The number of rotatable bonds is 4. The molecule has 1 aromatic carbocycles. The van der Waals surface area contributed by atoms with Gasteiger partial charge in [-0.2, -0.15) is 0 Å². The van der Waals surface area contributed by atoms with Gasteiger partial charge in [0.25, 0.3) is 0 Å². The first kappa shape index (κ1) is 20.6. The van der Waals surface area contributed by atoms with Gasteiger partial charge in [-0.1, -0.05) is 24.3 Å². The standard InChI is InChI=1S/C28H26N6/c1-29-23-5-3-20(4-6-23)26-24-10-14-34(18-19-7-11-30-12-8-19)25(24)17-31-27(26)22-15-21-9-13-33(2)28(21)32-16-22/h3-6,9-10,13-17,19,30H,7-8,11-12,18H2,2H3. The van der Waals surface area contributed by atoms with Crippen molar-refractivity contribution >= 4 is 27.6 Å². The third-order valence-corrected chi connectivity index (χ3v) is 7.01. The van der Waals surface area contributed by atoms with Crippen LogP contribution in [-0.4, -0.2) is 32.2 Å². The summed E-state index contributed by atoms with van der Waals surface area (Å²) in [6, 6.07) is 14.3. The summed E-state index contributed by atoms with van der Waals surface area (Å²) in [7, 11) is 2.01. The Morgan fingerprint density at radius 1 is 1.00 bits per heavy atom. The van der Waals surface area contributed by atoms with Crippen LogP contribution in [0.1, 0.15) is 12.8 Å². The summed E-state index contributed by atoms with van der Waals surface area (Å²) >= 11 is 0. The molecule has 0 unspecified atom stereocenters. The molecule has 6 rings (SSSR count). The van der Waals surface area contributed by atoms with E-state index in [9.17, 15) is 0 Å². The molecule has 0 bridgehead atoms. The Labute approximate surface area is 198 Å². The molecule has 0 atom stereocenters. The summed E-state index contributed by atoms with van der Waals surface area (Å²) in [5.74, 6) is 0.683. The zero-order chi connectivity index (χ0) is 23.1. The van der Waals surface area contributed by atoms with E-state index in [1.165, 1.54) is 18.2 Å². The van der Waals surface area contributed by atoms with Crippen molar-refractivity contribution < 1.29 is 0 Å². The highest BCUT2D eigenvalue weighted by molar-refractivity contribution is 6.02. The second kappa shape index (κ2) is 8.44. The van der Waals surface area contributed by atoms with E-state index in [4.69, 9.17) is 16.5 Å². The quantitative estimate of drug-likeness (QED) is 0.355. The molecule has 6 nitrogen and oxygen atoms in total. The van der Waals surface area contributed by atoms with Crippen molar-refractivity contribution in [2.24, 2.45) is 13.0 Å². The molecule has 1 aliphatic heterocycles. The van der Waals surface area contributed by atoms with Gasteiger partial charge in [0.05, 0.1) is 24.0 Å². The Bertz CT molecular complexity index is 1530. The van der Waals surface area contributed by atoms with Crippen LogP contribution in [0.25, 0.3) is 49.2 Å². The van der Waals surface area contributed by atoms with Crippen LogP contribution in [0.3, 0.4) is 0 Å². The molecule has 0 saturated carbocycles. The van der Waals surface area contributed by atoms with Gasteiger partial charge < -0.3 is 14.5 Å². The van der Waals surface area contributed by atoms with E-state index >= 15 is 0 Å². The van der Waals surface area contributed by atoms with Gasteiger partial charge in [-0.25, -0.2) is 9.83 Å². The van der Waals surface area contributed by atoms with Crippen molar-refractivity contribution in [2.45, 2.75) is 19.4 Å². The van der Waals surface area contributed by atoms with Crippen LogP contribution >= 0.6 is 0 Å². The largest absolute Gasteiger partial charge is 0.346 e. The summed E-state index contributed by atoms with van der Waals surface area (Å²) in [5, 5.41) is 5.74. The number of pyridine rings is 2. The summed E-state index contributed by atoms with van der Waals surface area (Å²) in [5.41, 5.74) is 6.82. The molecule has 0 spiro atoms. The summed E-state index contributed by atoms with van der Waals surface area (Å²) in [4.78, 5) is 13.3. The fraction of sp³-hybridized carbons (Fsp3) is 0.250. The normalized spacial score (nSPS) is 14.6. The van der Waals surface area contributed by atoms with Crippen molar-refractivity contribution in [2.75, 3.05) is 13.1 Å². The molecule has 168 valence electrons. The Morgan fingerprint density at radius 2 is 1.82 bits per heavy atom. The topological polar surface area (TPSA) is 52.0 Å². The number of aryl methyl sites for hydroxylation is 1. The van der Waals surface area contributed by atoms with Crippen LogP contribution in [0.5, 0.6) is 0 Å². The number of piperidine rings is 1. The van der Waals surface area contributed by atoms with E-state index in [1.54, 1.807) is 0 Å². The molecular weight excluding hydrogens is 420 g/mol. The maximum atomic E-state index is 7.33. The van der Waals surface area contributed by atoms with Crippen molar-refractivity contribution in [3.05, 3.63) is 78.7 Å². The van der Waals surface area contributed by atoms with E-state index in [0.717, 1.165) is 58.6 Å². The third-order valence-electron chi connectivity index (χ3n) is 7.01. The summed E-state index contributed by atoms with van der Waals surface area (Å²) in [6.07, 6.45) is 10.6. The number of nitrogens with one attached hydrogen (secondary N) is 1. The number of hydrogen-bond donors (Lipinski definition) is 1. The maximum absolute atomic E-state index is 7.33. The monoisotopic (exact) mass is 446 g/mol. The first-order chi connectivity index (χ1) is 16.7. The molecule has 5 heterocycles. The van der Waals surface area contributed by atoms with Gasteiger partial charge in [0.1, 0.15) is 5.65 Å². The number of hydrogen-bond acceptors (Lipinski definition) is 3. The molecule has 1 N–H and O–H groups in total. The van der Waals surface area contributed by atoms with Gasteiger partial charge in [0.15, 0.2) is 5.69 Å². The highest BCUT2D eigenvalue weighted by Gasteiger charge is 2.19. The van der Waals surface area contributed by atoms with Gasteiger partial charge >= 0.3 is 0 Å². The van der Waals surface area contributed by atoms with E-state index in [2.05, 4.69) is 39.1 Å². The lowest BCUT2D eigenvalue weighted by Crippen LogP contribution is -2.29. The number of fused-ring (bicyclic) bond motifs is 2. The molecule has 6 heteroatoms. The first-order valence-electron chi connectivity index (χ1n) is 11.8. The molecule has 0 amide bonds. The Kier molecular flexibility index (Phi) is 5.12. The van der Waals surface area contributed by atoms with Crippen LogP contribution < -0.4 is 5.32 Å². The second-order valence-electron chi connectivity index (χ2n) is 9.16. The van der Waals surface area contributed by atoms with Gasteiger partial charge in [-0.05, 0) is 55.6 Å². The molecule has 1 aliphatic rings. The molecule has 1 fully saturated rings. The zero-order valence-corrected chi connectivity index (χ0v) is 19.2. The predicted molar refractivity (Wildman–Crippen MR) is 137 cm³/mol. The fourth-order valence-corrected chi connectivity index (χ4v) is 5.16. The number of aromatic nitrogens is 4. The van der Waals surface area contributed by atoms with Crippen LogP contribution in [-0.2, 0) is 13.6 Å². The first-order valence-corrected chi connectivity index (χ1v) is 11.8. The van der Waals surface area contributed by atoms with Crippen molar-refractivity contribution in [1.82, 2.24) is 24.4 Å². The summed E-state index contributed by atoms with van der Waals surface area (Å²) in [6.45, 7) is 10.5. The minimum atomic E-state index is 0.640. The van der Waals surface area contributed by atoms with Crippen LogP contribution in [0, 0.1) is 12.5 Å². The van der Waals surface area contributed by atoms with Gasteiger partial charge in [-0.3, -0.25) is 4.98 Å². The van der Waals surface area contributed by atoms with Crippen LogP contribution in [0.2, 0.25) is 0 Å². The SMILES string of the molecule is [C-]#[N+]c1ccc(-c2c(-c3cnc4c(ccn4C)c3)ncc3c2ccn3CC2CCNCC2)cc1. The van der Waals surface area contributed by atoms with Crippen molar-refractivity contribution in [1.29, 1.82) is 0 Å². The zero-order valence-electron chi connectivity index (χ0n) is 19.2. The van der Waals surface area contributed by atoms with Gasteiger partial charge in [0.2, 0.25) is 0 Å². The molecule has 34 heavy (non-hydrogen) atoms. The highest BCUT2D eigenvalue weighted by Crippen LogP contribution is 2.38. The molecular formula is C28H26N6. The van der Waals surface area contributed by atoms with E-state index in [1.807, 2.05) is 54.5 Å². The minimum absolute atomic E-state index is 0.640. The van der Waals surface area contributed by atoms with E-state index in [-0.39, 0.29) is 0 Å². The fourth-order valence-electron chi connectivity index (χ4n) is 5.16. The van der Waals surface area contributed by atoms with Crippen LogP contribution in [0.4, 0.5) is 5.69 Å². The molecule has 5 aromatic rings. The molecule has 1 saturated heterocycles. The van der Waals surface area contributed by atoms with E-state index < -0.39 is 0 Å². The van der Waals surface area contributed by atoms with Gasteiger partial charge in [-0.15, -0.1) is 0 Å². The minimum Gasteiger partial charge on any atom is -0.346 e. The van der Waals surface area contributed by atoms with Crippen LogP contribution in [0.15, 0.2) is 67.3 Å². The molecule has 0 radical (unpaired) electrons. The van der Waals surface area contributed by atoms with Crippen molar-refractivity contribution in [3.8, 4) is 22.4 Å². The lowest BCUT2D eigenvalue weighted by Gasteiger charge is -2.23. The average molecular weight is 447 g/mol. The highest BCUT2D eigenvalue weighted by atomic mass is 15.0. The maximum Gasteiger partial charge on any atom is 0.187 e. The molecule has 0 aliphatic carbocycles. The lowest BCUT2D eigenvalue weighted by atomic mass is 9.96.